The number of aryl methyl sites for hydroxylation is 1. The van der Waals surface area contributed by atoms with Gasteiger partial charge in [-0.05, 0) is 32.5 Å². The molecule has 1 aromatic carbocycles. The van der Waals surface area contributed by atoms with Gasteiger partial charge in [0.15, 0.2) is 0 Å². The molecule has 0 bridgehead atoms. The van der Waals surface area contributed by atoms with Gasteiger partial charge in [0, 0.05) is 12.6 Å². The van der Waals surface area contributed by atoms with Crippen molar-refractivity contribution in [2.45, 2.75) is 26.8 Å². The Kier molecular flexibility index (Phi) is 6.72. The summed E-state index contributed by atoms with van der Waals surface area (Å²) >= 11 is 0. The number of amides is 3. The second-order valence-corrected chi connectivity index (χ2v) is 5.51. The van der Waals surface area contributed by atoms with Crippen LogP contribution < -0.4 is 10.6 Å². The van der Waals surface area contributed by atoms with E-state index in [0.29, 0.717) is 17.7 Å². The van der Waals surface area contributed by atoms with Gasteiger partial charge in [0.05, 0.1) is 11.1 Å². The molecule has 6 nitrogen and oxygen atoms in total. The molecule has 0 radical (unpaired) electrons. The van der Waals surface area contributed by atoms with Crippen LogP contribution in [0.3, 0.4) is 0 Å². The van der Waals surface area contributed by atoms with E-state index in [4.69, 9.17) is 0 Å². The van der Waals surface area contributed by atoms with Crippen molar-refractivity contribution in [2.24, 2.45) is 0 Å². The molecule has 1 aliphatic heterocycles. The number of hydrogen-bond donors (Lipinski definition) is 2. The molecule has 0 saturated heterocycles. The zero-order valence-corrected chi connectivity index (χ0v) is 14.3. The fourth-order valence-electron chi connectivity index (χ4n) is 2.44. The largest absolute Gasteiger partial charge is 0.353 e. The van der Waals surface area contributed by atoms with Gasteiger partial charge >= 0.3 is 0 Å². The Bertz CT molecular complexity index is 619. The summed E-state index contributed by atoms with van der Waals surface area (Å²) in [7, 11) is 0. The first-order chi connectivity index (χ1) is 10.4. The average molecular weight is 340 g/mol. The zero-order valence-electron chi connectivity index (χ0n) is 13.5. The lowest BCUT2D eigenvalue weighted by Crippen LogP contribution is -2.44. The summed E-state index contributed by atoms with van der Waals surface area (Å²) in [6.07, 6.45) is 0. The number of fused-ring (bicyclic) bond motifs is 1. The normalized spacial score (nSPS) is 14.3. The lowest BCUT2D eigenvalue weighted by Gasteiger charge is -2.16. The van der Waals surface area contributed by atoms with Crippen LogP contribution in [-0.2, 0) is 4.79 Å². The molecular weight excluding hydrogens is 318 g/mol. The molecular formula is C16H22ClN3O3. The molecule has 0 aliphatic carbocycles. The van der Waals surface area contributed by atoms with Gasteiger partial charge in [0.25, 0.3) is 11.8 Å². The first-order valence-corrected chi connectivity index (χ1v) is 7.41. The Hall–Kier alpha value is -1.92. The summed E-state index contributed by atoms with van der Waals surface area (Å²) in [6.45, 7) is 6.82. The second-order valence-electron chi connectivity index (χ2n) is 5.51. The Morgan fingerprint density at radius 3 is 2.52 bits per heavy atom. The second kappa shape index (κ2) is 8.08. The Morgan fingerprint density at radius 2 is 1.87 bits per heavy atom. The SMILES string of the molecule is CCN[C@H](C)CNC(=O)CN1C(=O)c2ccc(C)cc2C1=O.Cl. The third-order valence-electron chi connectivity index (χ3n) is 3.59. The number of hydrogen-bond acceptors (Lipinski definition) is 4. The molecule has 3 amide bonds. The number of halogens is 1. The summed E-state index contributed by atoms with van der Waals surface area (Å²) in [5.74, 6) is -1.15. The number of carbonyl (C=O) groups excluding carboxylic acids is 3. The number of rotatable bonds is 6. The van der Waals surface area contributed by atoms with Gasteiger partial charge in [0.1, 0.15) is 6.54 Å². The van der Waals surface area contributed by atoms with E-state index in [2.05, 4.69) is 10.6 Å². The molecule has 0 aromatic heterocycles. The van der Waals surface area contributed by atoms with E-state index in [0.717, 1.165) is 17.0 Å². The van der Waals surface area contributed by atoms with Crippen molar-refractivity contribution in [2.75, 3.05) is 19.6 Å². The predicted molar refractivity (Wildman–Crippen MR) is 89.9 cm³/mol. The van der Waals surface area contributed by atoms with Gasteiger partial charge in [-0.15, -0.1) is 12.4 Å². The predicted octanol–water partition coefficient (Wildman–Crippen LogP) is 1.13. The summed E-state index contributed by atoms with van der Waals surface area (Å²) in [6, 6.07) is 5.24. The third-order valence-corrected chi connectivity index (χ3v) is 3.59. The molecule has 0 saturated carbocycles. The molecule has 2 N–H and O–H groups in total. The van der Waals surface area contributed by atoms with Crippen LogP contribution in [-0.4, -0.2) is 48.3 Å². The molecule has 23 heavy (non-hydrogen) atoms. The van der Waals surface area contributed by atoms with Crippen molar-refractivity contribution in [1.82, 2.24) is 15.5 Å². The van der Waals surface area contributed by atoms with Crippen molar-refractivity contribution in [3.05, 3.63) is 34.9 Å². The van der Waals surface area contributed by atoms with Gasteiger partial charge in [-0.1, -0.05) is 18.6 Å². The molecule has 126 valence electrons. The summed E-state index contributed by atoms with van der Waals surface area (Å²) in [5, 5.41) is 5.90. The summed E-state index contributed by atoms with van der Waals surface area (Å²) < 4.78 is 0. The van der Waals surface area contributed by atoms with E-state index in [1.54, 1.807) is 18.2 Å². The van der Waals surface area contributed by atoms with E-state index < -0.39 is 11.8 Å². The lowest BCUT2D eigenvalue weighted by molar-refractivity contribution is -0.121. The first-order valence-electron chi connectivity index (χ1n) is 7.41. The van der Waals surface area contributed by atoms with Crippen molar-refractivity contribution < 1.29 is 14.4 Å². The number of benzene rings is 1. The van der Waals surface area contributed by atoms with Crippen LogP contribution in [0.15, 0.2) is 18.2 Å². The number of carbonyl (C=O) groups is 3. The monoisotopic (exact) mass is 339 g/mol. The van der Waals surface area contributed by atoms with Gasteiger partial charge in [-0.2, -0.15) is 0 Å². The minimum absolute atomic E-state index is 0. The van der Waals surface area contributed by atoms with Crippen LogP contribution in [0.4, 0.5) is 0 Å². The van der Waals surface area contributed by atoms with Crippen LogP contribution in [0.5, 0.6) is 0 Å². The maximum absolute atomic E-state index is 12.2. The Morgan fingerprint density at radius 1 is 1.22 bits per heavy atom. The van der Waals surface area contributed by atoms with Gasteiger partial charge in [-0.25, -0.2) is 0 Å². The Balaban J connectivity index is 0.00000264. The lowest BCUT2D eigenvalue weighted by atomic mass is 10.1. The van der Waals surface area contributed by atoms with E-state index in [1.165, 1.54) is 0 Å². The summed E-state index contributed by atoms with van der Waals surface area (Å²) in [4.78, 5) is 37.4. The van der Waals surface area contributed by atoms with Crippen molar-refractivity contribution in [3.8, 4) is 0 Å². The molecule has 1 heterocycles. The van der Waals surface area contributed by atoms with Crippen LogP contribution >= 0.6 is 12.4 Å². The van der Waals surface area contributed by atoms with Gasteiger partial charge in [-0.3, -0.25) is 19.3 Å². The molecule has 1 aromatic rings. The number of imide groups is 1. The molecule has 1 aliphatic rings. The molecule has 1 atom stereocenters. The molecule has 2 rings (SSSR count). The highest BCUT2D eigenvalue weighted by Gasteiger charge is 2.36. The number of likely N-dealkylation sites (N-methyl/N-ethyl adjacent to an activating group) is 1. The van der Waals surface area contributed by atoms with Crippen molar-refractivity contribution in [3.63, 3.8) is 0 Å². The first kappa shape index (κ1) is 19.1. The third kappa shape index (κ3) is 4.30. The summed E-state index contributed by atoms with van der Waals surface area (Å²) in [5.41, 5.74) is 1.65. The smallest absolute Gasteiger partial charge is 0.262 e. The van der Waals surface area contributed by atoms with E-state index >= 15 is 0 Å². The van der Waals surface area contributed by atoms with Gasteiger partial charge < -0.3 is 10.6 Å². The minimum atomic E-state index is -0.408. The van der Waals surface area contributed by atoms with E-state index in [1.807, 2.05) is 20.8 Å². The highest BCUT2D eigenvalue weighted by molar-refractivity contribution is 6.22. The Labute approximate surface area is 142 Å². The van der Waals surface area contributed by atoms with Crippen molar-refractivity contribution >= 4 is 30.1 Å². The highest BCUT2D eigenvalue weighted by Crippen LogP contribution is 2.23. The van der Waals surface area contributed by atoms with Crippen molar-refractivity contribution in [1.29, 1.82) is 0 Å². The van der Waals surface area contributed by atoms with E-state index in [9.17, 15) is 14.4 Å². The van der Waals surface area contributed by atoms with Crippen LogP contribution in [0.2, 0.25) is 0 Å². The van der Waals surface area contributed by atoms with Crippen LogP contribution in [0, 0.1) is 6.92 Å². The fourth-order valence-corrected chi connectivity index (χ4v) is 2.44. The van der Waals surface area contributed by atoms with E-state index in [-0.39, 0.29) is 30.9 Å². The van der Waals surface area contributed by atoms with Crippen LogP contribution in [0.25, 0.3) is 0 Å². The minimum Gasteiger partial charge on any atom is -0.353 e. The quantitative estimate of drug-likeness (QED) is 0.761. The maximum Gasteiger partial charge on any atom is 0.262 e. The van der Waals surface area contributed by atoms with Crippen LogP contribution in [0.1, 0.15) is 40.1 Å². The highest BCUT2D eigenvalue weighted by atomic mass is 35.5. The zero-order chi connectivity index (χ0) is 16.3. The standard InChI is InChI=1S/C16H21N3O3.ClH/c1-4-17-11(3)8-18-14(20)9-19-15(21)12-6-5-10(2)7-13(12)16(19)22;/h5-7,11,17H,4,8-9H2,1-3H3,(H,18,20);1H/t11-;/m1./s1. The topological polar surface area (TPSA) is 78.5 Å². The average Bonchev–Trinajstić information content (AvgIpc) is 2.70. The van der Waals surface area contributed by atoms with Gasteiger partial charge in [0.2, 0.25) is 5.91 Å². The number of nitrogens with zero attached hydrogens (tertiary/aromatic N) is 1. The maximum atomic E-state index is 12.2. The molecule has 0 unspecified atom stereocenters. The molecule has 0 spiro atoms. The molecule has 0 fully saturated rings. The number of nitrogens with one attached hydrogen (secondary N) is 2. The molecule has 7 heteroatoms. The fraction of sp³-hybridized carbons (Fsp3) is 0.438.